The van der Waals surface area contributed by atoms with Crippen molar-refractivity contribution in [3.8, 4) is 0 Å². The summed E-state index contributed by atoms with van der Waals surface area (Å²) < 4.78 is 5.20. The Morgan fingerprint density at radius 3 is 2.29 bits per heavy atom. The molecule has 162 valence electrons. The highest BCUT2D eigenvalue weighted by Gasteiger charge is 2.40. The van der Waals surface area contributed by atoms with Crippen molar-refractivity contribution >= 4 is 35.6 Å². The second kappa shape index (κ2) is 12.1. The van der Waals surface area contributed by atoms with E-state index in [1.54, 1.807) is 21.6 Å². The Morgan fingerprint density at radius 1 is 1.11 bits per heavy atom. The van der Waals surface area contributed by atoms with Gasteiger partial charge in [0.25, 0.3) is 0 Å². The van der Waals surface area contributed by atoms with Crippen molar-refractivity contribution in [2.75, 3.05) is 56.4 Å². The molecule has 4 amide bonds. The molecule has 0 aliphatic carbocycles. The van der Waals surface area contributed by atoms with E-state index in [1.165, 1.54) is 16.7 Å². The van der Waals surface area contributed by atoms with Gasteiger partial charge >= 0.3 is 12.1 Å². The van der Waals surface area contributed by atoms with Gasteiger partial charge in [-0.2, -0.15) is 23.5 Å². The van der Waals surface area contributed by atoms with Crippen LogP contribution in [0.3, 0.4) is 0 Å². The summed E-state index contributed by atoms with van der Waals surface area (Å²) in [6, 6.07) is -0.459. The van der Waals surface area contributed by atoms with E-state index in [-0.39, 0.29) is 18.2 Å². The molecule has 3 atom stereocenters. The average molecular weight is 436 g/mol. The fourth-order valence-corrected chi connectivity index (χ4v) is 4.45. The number of carbonyl (C=O) groups excluding carboxylic acids is 2. The molecule has 0 bridgehead atoms. The number of aliphatic hydroxyl groups is 2. The molecule has 0 saturated carbocycles. The monoisotopic (exact) mass is 435 g/mol. The lowest BCUT2D eigenvalue weighted by Crippen LogP contribution is -2.61. The quantitative estimate of drug-likeness (QED) is 0.315. The zero-order valence-corrected chi connectivity index (χ0v) is 18.4. The molecule has 3 unspecified atom stereocenters. The molecular weight excluding hydrogens is 402 g/mol. The first-order chi connectivity index (χ1) is 13.5. The summed E-state index contributed by atoms with van der Waals surface area (Å²) in [5, 5.41) is 19.7. The minimum absolute atomic E-state index is 0.0226. The number of hydrogen-bond acceptors (Lipinski definition) is 7. The highest BCUT2D eigenvalue weighted by molar-refractivity contribution is 7.99. The lowest BCUT2D eigenvalue weighted by Gasteiger charge is -2.41. The zero-order chi connectivity index (χ0) is 20.5. The average Bonchev–Trinajstić information content (AvgIpc) is 3.49. The number of unbranched alkanes of at least 4 members (excludes halogenated alkanes) is 1. The number of aliphatic hydroxyl groups excluding tert-OH is 2. The number of carbonyl (C=O) groups is 2. The third-order valence-corrected chi connectivity index (χ3v) is 6.53. The largest absolute Gasteiger partial charge is 0.390 e. The first-order valence-corrected chi connectivity index (χ1v) is 12.4. The second-order valence-corrected chi connectivity index (χ2v) is 9.23. The Balaban J connectivity index is 1.78. The molecular formula is C18H33N3O5S2. The molecule has 2 aliphatic heterocycles. The Bertz CT molecular complexity index is 510. The Morgan fingerprint density at radius 2 is 1.71 bits per heavy atom. The van der Waals surface area contributed by atoms with E-state index < -0.39 is 12.2 Å². The van der Waals surface area contributed by atoms with Gasteiger partial charge < -0.3 is 24.7 Å². The smallest absolute Gasteiger partial charge is 0.329 e. The standard InChI is InChI=1S/C18H33N3O5S2/c1-3-4-6-19-13-20(18(25)21(17(19)24)9-14-10-26-14)7-5-8-28-12-16(23)15(22)11-27-2/h14-16,22-23H,3-13H2,1-2H3. The fourth-order valence-electron chi connectivity index (χ4n) is 2.92. The Kier molecular flexibility index (Phi) is 10.2. The number of ether oxygens (including phenoxy) is 1. The third-order valence-electron chi connectivity index (χ3n) is 4.70. The molecule has 0 radical (unpaired) electrons. The molecule has 0 aromatic rings. The third kappa shape index (κ3) is 7.29. The van der Waals surface area contributed by atoms with E-state index in [0.29, 0.717) is 44.4 Å². The summed E-state index contributed by atoms with van der Waals surface area (Å²) >= 11 is 3.08. The first-order valence-electron chi connectivity index (χ1n) is 9.87. The maximum Gasteiger partial charge on any atom is 0.329 e. The SMILES string of the molecule is CCCCN1CN(CCCSCC(O)C(O)CSC)C(=O)N(CC2CO2)C1=O. The second-order valence-electron chi connectivity index (χ2n) is 7.17. The van der Waals surface area contributed by atoms with Crippen LogP contribution in [0.5, 0.6) is 0 Å². The molecule has 2 rings (SSSR count). The van der Waals surface area contributed by atoms with Crippen LogP contribution in [-0.4, -0.2) is 112 Å². The van der Waals surface area contributed by atoms with Crippen LogP contribution < -0.4 is 0 Å². The van der Waals surface area contributed by atoms with Gasteiger partial charge in [-0.15, -0.1) is 0 Å². The minimum Gasteiger partial charge on any atom is -0.390 e. The summed E-state index contributed by atoms with van der Waals surface area (Å²) in [4.78, 5) is 30.1. The van der Waals surface area contributed by atoms with Crippen molar-refractivity contribution < 1.29 is 24.5 Å². The van der Waals surface area contributed by atoms with Gasteiger partial charge in [-0.3, -0.25) is 0 Å². The summed E-state index contributed by atoms with van der Waals surface area (Å²) in [5.74, 6) is 1.77. The van der Waals surface area contributed by atoms with E-state index >= 15 is 0 Å². The van der Waals surface area contributed by atoms with Crippen molar-refractivity contribution in [2.45, 2.75) is 44.5 Å². The summed E-state index contributed by atoms with van der Waals surface area (Å²) in [7, 11) is 0. The first kappa shape index (κ1) is 23.6. The molecule has 2 heterocycles. The van der Waals surface area contributed by atoms with Crippen LogP contribution in [0.15, 0.2) is 0 Å². The fraction of sp³-hybridized carbons (Fsp3) is 0.889. The van der Waals surface area contributed by atoms with Gasteiger partial charge in [0.05, 0.1) is 38.1 Å². The zero-order valence-electron chi connectivity index (χ0n) is 16.8. The van der Waals surface area contributed by atoms with E-state index in [4.69, 9.17) is 4.74 Å². The predicted octanol–water partition coefficient (Wildman–Crippen LogP) is 1.51. The predicted molar refractivity (Wildman–Crippen MR) is 113 cm³/mol. The molecule has 2 aliphatic rings. The number of epoxide rings is 1. The number of nitrogens with zero attached hydrogens (tertiary/aromatic N) is 3. The maximum atomic E-state index is 12.7. The summed E-state index contributed by atoms with van der Waals surface area (Å²) in [5.41, 5.74) is 0. The van der Waals surface area contributed by atoms with Gasteiger partial charge in [-0.1, -0.05) is 13.3 Å². The van der Waals surface area contributed by atoms with Crippen LogP contribution in [0.4, 0.5) is 9.59 Å². The maximum absolute atomic E-state index is 12.7. The number of urea groups is 2. The number of thioether (sulfide) groups is 2. The molecule has 2 N–H and O–H groups in total. The summed E-state index contributed by atoms with van der Waals surface area (Å²) in [6.45, 7) is 4.55. The van der Waals surface area contributed by atoms with Gasteiger partial charge in [0.2, 0.25) is 0 Å². The van der Waals surface area contributed by atoms with Crippen molar-refractivity contribution in [3.63, 3.8) is 0 Å². The lowest BCUT2D eigenvalue weighted by atomic mass is 10.3. The van der Waals surface area contributed by atoms with E-state index in [1.807, 2.05) is 6.26 Å². The van der Waals surface area contributed by atoms with Crippen LogP contribution in [0.1, 0.15) is 26.2 Å². The molecule has 8 nitrogen and oxygen atoms in total. The topological polar surface area (TPSA) is 96.8 Å². The molecule has 2 fully saturated rings. The van der Waals surface area contributed by atoms with Gasteiger partial charge in [-0.05, 0) is 24.9 Å². The van der Waals surface area contributed by atoms with E-state index in [9.17, 15) is 19.8 Å². The number of rotatable bonds is 14. The molecule has 0 spiro atoms. The van der Waals surface area contributed by atoms with E-state index in [0.717, 1.165) is 25.0 Å². The number of hydrogen-bond donors (Lipinski definition) is 2. The molecule has 0 aromatic heterocycles. The van der Waals surface area contributed by atoms with Crippen LogP contribution in [0, 0.1) is 0 Å². The molecule has 28 heavy (non-hydrogen) atoms. The minimum atomic E-state index is -0.731. The highest BCUT2D eigenvalue weighted by atomic mass is 32.2. The van der Waals surface area contributed by atoms with Crippen LogP contribution >= 0.6 is 23.5 Å². The normalized spacial score (nSPS) is 22.0. The van der Waals surface area contributed by atoms with Gasteiger partial charge in [0.1, 0.15) is 0 Å². The van der Waals surface area contributed by atoms with Crippen LogP contribution in [-0.2, 0) is 4.74 Å². The highest BCUT2D eigenvalue weighted by Crippen LogP contribution is 2.19. The molecule has 0 aromatic carbocycles. The molecule has 10 heteroatoms. The Labute approximate surface area is 175 Å². The van der Waals surface area contributed by atoms with Crippen molar-refractivity contribution in [1.82, 2.24) is 14.7 Å². The van der Waals surface area contributed by atoms with E-state index in [2.05, 4.69) is 6.92 Å². The number of amides is 4. The van der Waals surface area contributed by atoms with Gasteiger partial charge in [0.15, 0.2) is 0 Å². The van der Waals surface area contributed by atoms with Gasteiger partial charge in [0, 0.05) is 24.6 Å². The van der Waals surface area contributed by atoms with Crippen molar-refractivity contribution in [2.24, 2.45) is 0 Å². The summed E-state index contributed by atoms with van der Waals surface area (Å²) in [6.07, 6.45) is 3.11. The van der Waals surface area contributed by atoms with Crippen LogP contribution in [0.25, 0.3) is 0 Å². The van der Waals surface area contributed by atoms with Crippen molar-refractivity contribution in [3.05, 3.63) is 0 Å². The molecule has 2 saturated heterocycles. The Hall–Kier alpha value is -0.680. The van der Waals surface area contributed by atoms with Gasteiger partial charge in [-0.25, -0.2) is 14.5 Å². The number of imide groups is 1. The van der Waals surface area contributed by atoms with Crippen molar-refractivity contribution in [1.29, 1.82) is 0 Å². The van der Waals surface area contributed by atoms with Crippen LogP contribution in [0.2, 0.25) is 0 Å². The lowest BCUT2D eigenvalue weighted by molar-refractivity contribution is 0.0500.